The average Bonchev–Trinajstić information content (AvgIpc) is 2.73. The van der Waals surface area contributed by atoms with E-state index >= 15 is 0 Å². The second-order valence-electron chi connectivity index (χ2n) is 4.95. The molecule has 0 aromatic heterocycles. The predicted octanol–water partition coefficient (Wildman–Crippen LogP) is 2.31. The van der Waals surface area contributed by atoms with Crippen LogP contribution in [0.15, 0.2) is 24.3 Å². The molecule has 2 rings (SSSR count). The van der Waals surface area contributed by atoms with Crippen molar-refractivity contribution in [2.24, 2.45) is 0 Å². The molecule has 19 heavy (non-hydrogen) atoms. The molecule has 1 N–H and O–H groups in total. The van der Waals surface area contributed by atoms with Crippen molar-refractivity contribution < 1.29 is 9.53 Å². The Labute approximate surface area is 114 Å². The fourth-order valence-electron chi connectivity index (χ4n) is 2.43. The highest BCUT2D eigenvalue weighted by Crippen LogP contribution is 2.27. The minimum absolute atomic E-state index is 0.0378. The van der Waals surface area contributed by atoms with Gasteiger partial charge >= 0.3 is 0 Å². The van der Waals surface area contributed by atoms with Crippen molar-refractivity contribution in [2.45, 2.75) is 38.9 Å². The number of nitrogens with one attached hydrogen (secondary N) is 1. The molecular formula is C15H22N2O2. The second kappa shape index (κ2) is 6.06. The van der Waals surface area contributed by atoms with E-state index in [0.29, 0.717) is 0 Å². The summed E-state index contributed by atoms with van der Waals surface area (Å²) in [5.41, 5.74) is 1.08. The topological polar surface area (TPSA) is 41.6 Å². The van der Waals surface area contributed by atoms with Crippen LogP contribution >= 0.6 is 0 Å². The van der Waals surface area contributed by atoms with Gasteiger partial charge in [0.1, 0.15) is 11.9 Å². The first-order valence-corrected chi connectivity index (χ1v) is 6.88. The Bertz CT molecular complexity index is 448. The number of ether oxygens (including phenoxy) is 1. The fraction of sp³-hybridized carbons (Fsp3) is 0.533. The molecule has 4 heteroatoms. The Morgan fingerprint density at radius 3 is 2.89 bits per heavy atom. The van der Waals surface area contributed by atoms with Gasteiger partial charge in [-0.3, -0.25) is 10.1 Å². The van der Waals surface area contributed by atoms with Gasteiger partial charge in [0.15, 0.2) is 0 Å². The number of nitrogens with zero attached hydrogens (tertiary/aromatic N) is 1. The van der Waals surface area contributed by atoms with Crippen LogP contribution < -0.4 is 10.1 Å². The van der Waals surface area contributed by atoms with Crippen LogP contribution in [0.3, 0.4) is 0 Å². The first kappa shape index (κ1) is 13.9. The lowest BCUT2D eigenvalue weighted by Crippen LogP contribution is -2.31. The molecule has 1 heterocycles. The molecule has 1 aliphatic rings. The van der Waals surface area contributed by atoms with Gasteiger partial charge < -0.3 is 9.64 Å². The summed E-state index contributed by atoms with van der Waals surface area (Å²) in [7, 11) is 1.66. The normalized spacial score (nSPS) is 22.9. The Morgan fingerprint density at radius 1 is 1.42 bits per heavy atom. The maximum absolute atomic E-state index is 12.2. The molecule has 104 valence electrons. The smallest absolute Gasteiger partial charge is 0.241 e. The quantitative estimate of drug-likeness (QED) is 0.885. The minimum Gasteiger partial charge on any atom is -0.497 e. The molecule has 0 spiro atoms. The summed E-state index contributed by atoms with van der Waals surface area (Å²) in [5, 5.41) is 3.35. The van der Waals surface area contributed by atoms with Gasteiger partial charge in [-0.1, -0.05) is 25.5 Å². The third-order valence-corrected chi connectivity index (χ3v) is 3.54. The number of hydrogen-bond acceptors (Lipinski definition) is 3. The van der Waals surface area contributed by atoms with Gasteiger partial charge in [-0.2, -0.15) is 0 Å². The summed E-state index contributed by atoms with van der Waals surface area (Å²) in [6.45, 7) is 4.86. The molecule has 2 unspecified atom stereocenters. The van der Waals surface area contributed by atoms with Gasteiger partial charge in [-0.25, -0.2) is 0 Å². The van der Waals surface area contributed by atoms with Crippen LogP contribution in [-0.4, -0.2) is 30.5 Å². The summed E-state index contributed by atoms with van der Waals surface area (Å²) in [6, 6.07) is 7.78. The van der Waals surface area contributed by atoms with Gasteiger partial charge in [0.2, 0.25) is 5.91 Å². The van der Waals surface area contributed by atoms with E-state index in [1.54, 1.807) is 7.11 Å². The second-order valence-corrected chi connectivity index (χ2v) is 4.95. The zero-order valence-electron chi connectivity index (χ0n) is 11.8. The van der Waals surface area contributed by atoms with Gasteiger partial charge in [-0.05, 0) is 31.0 Å². The van der Waals surface area contributed by atoms with Crippen molar-refractivity contribution in [1.29, 1.82) is 0 Å². The third-order valence-electron chi connectivity index (χ3n) is 3.54. The number of methoxy groups -OCH3 is 1. The molecule has 4 nitrogen and oxygen atoms in total. The highest BCUT2D eigenvalue weighted by molar-refractivity contribution is 5.84. The summed E-state index contributed by atoms with van der Waals surface area (Å²) >= 11 is 0. The summed E-state index contributed by atoms with van der Waals surface area (Å²) in [4.78, 5) is 14.1. The van der Waals surface area contributed by atoms with Crippen molar-refractivity contribution in [3.05, 3.63) is 29.8 Å². The zero-order valence-corrected chi connectivity index (χ0v) is 11.8. The lowest BCUT2D eigenvalue weighted by molar-refractivity contribution is -0.129. The van der Waals surface area contributed by atoms with Crippen LogP contribution in [0.2, 0.25) is 0 Å². The number of unbranched alkanes of at least 4 members (excludes halogenated alkanes) is 1. The van der Waals surface area contributed by atoms with Crippen LogP contribution in [0.4, 0.5) is 0 Å². The minimum atomic E-state index is -0.118. The lowest BCUT2D eigenvalue weighted by Gasteiger charge is -2.24. The zero-order chi connectivity index (χ0) is 13.8. The molecule has 0 aliphatic carbocycles. The third kappa shape index (κ3) is 2.89. The van der Waals surface area contributed by atoms with Gasteiger partial charge in [0.05, 0.1) is 13.2 Å². The Kier molecular flexibility index (Phi) is 4.43. The first-order valence-electron chi connectivity index (χ1n) is 6.88. The molecule has 0 saturated carbocycles. The van der Waals surface area contributed by atoms with Crippen molar-refractivity contribution in [3.8, 4) is 5.75 Å². The largest absolute Gasteiger partial charge is 0.497 e. The van der Waals surface area contributed by atoms with E-state index in [1.165, 1.54) is 0 Å². The standard InChI is InChI=1S/C15H22N2O2/c1-4-5-9-17-14(16-11(2)15(17)18)12-7-6-8-13(10-12)19-3/h6-8,10-11,14,16H,4-5,9H2,1-3H3. The molecule has 1 aromatic carbocycles. The van der Waals surface area contributed by atoms with Crippen LogP contribution in [0.25, 0.3) is 0 Å². The molecular weight excluding hydrogens is 240 g/mol. The molecule has 2 atom stereocenters. The Hall–Kier alpha value is -1.55. The molecule has 1 amide bonds. The Balaban J connectivity index is 2.22. The average molecular weight is 262 g/mol. The molecule has 1 saturated heterocycles. The highest BCUT2D eigenvalue weighted by atomic mass is 16.5. The lowest BCUT2D eigenvalue weighted by atomic mass is 10.1. The van der Waals surface area contributed by atoms with E-state index < -0.39 is 0 Å². The van der Waals surface area contributed by atoms with Crippen molar-refractivity contribution >= 4 is 5.91 Å². The summed E-state index contributed by atoms with van der Waals surface area (Å²) in [5.74, 6) is 1.00. The molecule has 0 bridgehead atoms. The SMILES string of the molecule is CCCCN1C(=O)C(C)NC1c1cccc(OC)c1. The molecule has 0 radical (unpaired) electrons. The van der Waals surface area contributed by atoms with E-state index in [2.05, 4.69) is 12.2 Å². The number of carbonyl (C=O) groups is 1. The number of carbonyl (C=O) groups excluding carboxylic acids is 1. The number of amides is 1. The maximum Gasteiger partial charge on any atom is 0.241 e. The van der Waals surface area contributed by atoms with E-state index in [1.807, 2.05) is 36.1 Å². The van der Waals surface area contributed by atoms with Gasteiger partial charge in [0, 0.05) is 6.54 Å². The fourth-order valence-corrected chi connectivity index (χ4v) is 2.43. The van der Waals surface area contributed by atoms with Crippen LogP contribution in [0.5, 0.6) is 5.75 Å². The predicted molar refractivity (Wildman–Crippen MR) is 75.0 cm³/mol. The van der Waals surface area contributed by atoms with Gasteiger partial charge in [-0.15, -0.1) is 0 Å². The van der Waals surface area contributed by atoms with E-state index in [9.17, 15) is 4.79 Å². The first-order chi connectivity index (χ1) is 9.17. The van der Waals surface area contributed by atoms with Gasteiger partial charge in [0.25, 0.3) is 0 Å². The van der Waals surface area contributed by atoms with E-state index in [4.69, 9.17) is 4.74 Å². The van der Waals surface area contributed by atoms with Crippen LogP contribution in [0.1, 0.15) is 38.4 Å². The van der Waals surface area contributed by atoms with Crippen molar-refractivity contribution in [2.75, 3.05) is 13.7 Å². The van der Waals surface area contributed by atoms with Crippen molar-refractivity contribution in [3.63, 3.8) is 0 Å². The number of benzene rings is 1. The van der Waals surface area contributed by atoms with Crippen LogP contribution in [0, 0.1) is 0 Å². The summed E-state index contributed by atoms with van der Waals surface area (Å²) in [6.07, 6.45) is 2.08. The van der Waals surface area contributed by atoms with Crippen LogP contribution in [-0.2, 0) is 4.79 Å². The molecule has 1 fully saturated rings. The van der Waals surface area contributed by atoms with Crippen molar-refractivity contribution in [1.82, 2.24) is 10.2 Å². The highest BCUT2D eigenvalue weighted by Gasteiger charge is 2.36. The number of rotatable bonds is 5. The Morgan fingerprint density at radius 2 is 2.21 bits per heavy atom. The summed E-state index contributed by atoms with van der Waals surface area (Å²) < 4.78 is 5.25. The number of hydrogen-bond donors (Lipinski definition) is 1. The maximum atomic E-state index is 12.2. The molecule has 1 aromatic rings. The molecule has 1 aliphatic heterocycles. The van der Waals surface area contributed by atoms with E-state index in [0.717, 1.165) is 30.7 Å². The van der Waals surface area contributed by atoms with E-state index in [-0.39, 0.29) is 18.1 Å². The monoisotopic (exact) mass is 262 g/mol.